The van der Waals surface area contributed by atoms with E-state index in [9.17, 15) is 9.59 Å². The molecule has 8 heteroatoms. The molecular formula is C13H20N6O2. The van der Waals surface area contributed by atoms with E-state index in [2.05, 4.69) is 20.6 Å². The number of carbonyl (C=O) groups excluding carboxylic acids is 2. The second kappa shape index (κ2) is 6.38. The van der Waals surface area contributed by atoms with Gasteiger partial charge in [-0.2, -0.15) is 9.97 Å². The van der Waals surface area contributed by atoms with E-state index in [1.54, 1.807) is 11.0 Å². The Morgan fingerprint density at radius 1 is 1.43 bits per heavy atom. The maximum Gasteiger partial charge on any atom is 0.249 e. The Hall–Kier alpha value is -2.38. The Morgan fingerprint density at radius 3 is 2.86 bits per heavy atom. The number of aromatic nitrogens is 2. The number of amides is 2. The van der Waals surface area contributed by atoms with Crippen LogP contribution in [0.1, 0.15) is 26.7 Å². The number of carbonyl (C=O) groups is 2. The summed E-state index contributed by atoms with van der Waals surface area (Å²) in [5.74, 6) is 0.530. The Morgan fingerprint density at radius 2 is 2.19 bits per heavy atom. The number of anilines is 3. The predicted molar refractivity (Wildman–Crippen MR) is 79.8 cm³/mol. The second-order valence-electron chi connectivity index (χ2n) is 4.86. The van der Waals surface area contributed by atoms with Crippen LogP contribution in [-0.4, -0.2) is 40.9 Å². The van der Waals surface area contributed by atoms with Gasteiger partial charge >= 0.3 is 0 Å². The summed E-state index contributed by atoms with van der Waals surface area (Å²) in [5.41, 5.74) is 5.72. The van der Waals surface area contributed by atoms with Gasteiger partial charge in [-0.15, -0.1) is 0 Å². The lowest BCUT2D eigenvalue weighted by atomic mass is 10.1. The van der Waals surface area contributed by atoms with Crippen LogP contribution in [0, 0.1) is 0 Å². The molecule has 1 fully saturated rings. The van der Waals surface area contributed by atoms with Gasteiger partial charge in [-0.1, -0.05) is 13.8 Å². The van der Waals surface area contributed by atoms with E-state index in [4.69, 9.17) is 5.73 Å². The Labute approximate surface area is 123 Å². The molecule has 2 rings (SSSR count). The molecule has 4 N–H and O–H groups in total. The highest BCUT2D eigenvalue weighted by molar-refractivity contribution is 6.04. The number of piperazine rings is 1. The average molecular weight is 292 g/mol. The molecule has 21 heavy (non-hydrogen) atoms. The molecule has 1 aromatic heterocycles. The van der Waals surface area contributed by atoms with Gasteiger partial charge in [0.15, 0.2) is 0 Å². The van der Waals surface area contributed by atoms with Crippen molar-refractivity contribution in [3.05, 3.63) is 6.07 Å². The first-order chi connectivity index (χ1) is 10.0. The molecule has 8 nitrogen and oxygen atoms in total. The van der Waals surface area contributed by atoms with Crippen LogP contribution in [-0.2, 0) is 9.59 Å². The molecule has 0 saturated carbocycles. The molecule has 2 heterocycles. The zero-order chi connectivity index (χ0) is 15.4. The minimum atomic E-state index is -0.434. The topological polar surface area (TPSA) is 113 Å². The van der Waals surface area contributed by atoms with Gasteiger partial charge in [-0.3, -0.25) is 14.9 Å². The zero-order valence-corrected chi connectivity index (χ0v) is 12.2. The van der Waals surface area contributed by atoms with Crippen molar-refractivity contribution in [2.75, 3.05) is 29.0 Å². The van der Waals surface area contributed by atoms with Crippen LogP contribution in [0.25, 0.3) is 0 Å². The van der Waals surface area contributed by atoms with Gasteiger partial charge < -0.3 is 16.0 Å². The van der Waals surface area contributed by atoms with Crippen LogP contribution in [0.4, 0.5) is 17.6 Å². The van der Waals surface area contributed by atoms with Crippen molar-refractivity contribution >= 4 is 29.4 Å². The van der Waals surface area contributed by atoms with Crippen LogP contribution < -0.4 is 21.3 Å². The summed E-state index contributed by atoms with van der Waals surface area (Å²) in [6, 6.07) is 1.27. The Balaban J connectivity index is 2.31. The van der Waals surface area contributed by atoms with E-state index in [0.29, 0.717) is 18.1 Å². The van der Waals surface area contributed by atoms with E-state index in [1.165, 1.54) is 0 Å². The number of imide groups is 1. The molecule has 1 aromatic rings. The third kappa shape index (κ3) is 3.39. The van der Waals surface area contributed by atoms with Gasteiger partial charge in [0.2, 0.25) is 17.8 Å². The Bertz CT molecular complexity index is 547. The number of nitrogens with zero attached hydrogens (tertiary/aromatic N) is 3. The minimum absolute atomic E-state index is 0.0773. The monoisotopic (exact) mass is 292 g/mol. The average Bonchev–Trinajstić information content (AvgIpc) is 2.43. The smallest absolute Gasteiger partial charge is 0.249 e. The fourth-order valence-corrected chi connectivity index (χ4v) is 2.26. The SMILES string of the molecule is CCCNc1cc(N2CC(=O)NC(=O)C2CC)nc(N)n1. The lowest BCUT2D eigenvalue weighted by Gasteiger charge is -2.34. The van der Waals surface area contributed by atoms with E-state index < -0.39 is 6.04 Å². The quantitative estimate of drug-likeness (QED) is 0.661. The first-order valence-electron chi connectivity index (χ1n) is 7.03. The lowest BCUT2D eigenvalue weighted by molar-refractivity contribution is -0.132. The predicted octanol–water partition coefficient (Wildman–Crippen LogP) is 0.122. The molecule has 1 aliphatic rings. The van der Waals surface area contributed by atoms with Crippen molar-refractivity contribution in [3.8, 4) is 0 Å². The molecule has 1 aliphatic heterocycles. The number of hydrogen-bond acceptors (Lipinski definition) is 7. The maximum absolute atomic E-state index is 11.9. The number of nitrogens with two attached hydrogens (primary N) is 1. The molecule has 114 valence electrons. The summed E-state index contributed by atoms with van der Waals surface area (Å²) in [6.45, 7) is 4.76. The summed E-state index contributed by atoms with van der Waals surface area (Å²) in [6.07, 6.45) is 1.52. The number of rotatable bonds is 5. The third-order valence-corrected chi connectivity index (χ3v) is 3.22. The second-order valence-corrected chi connectivity index (χ2v) is 4.86. The third-order valence-electron chi connectivity index (χ3n) is 3.22. The zero-order valence-electron chi connectivity index (χ0n) is 12.2. The molecule has 0 radical (unpaired) electrons. The summed E-state index contributed by atoms with van der Waals surface area (Å²) >= 11 is 0. The van der Waals surface area contributed by atoms with E-state index in [1.807, 2.05) is 13.8 Å². The van der Waals surface area contributed by atoms with Crippen molar-refractivity contribution in [1.29, 1.82) is 0 Å². The highest BCUT2D eigenvalue weighted by Crippen LogP contribution is 2.22. The largest absolute Gasteiger partial charge is 0.370 e. The van der Waals surface area contributed by atoms with Gasteiger partial charge in [0.1, 0.15) is 17.7 Å². The normalized spacial score (nSPS) is 18.6. The summed E-state index contributed by atoms with van der Waals surface area (Å²) in [7, 11) is 0. The van der Waals surface area contributed by atoms with Crippen molar-refractivity contribution < 1.29 is 9.59 Å². The first kappa shape index (κ1) is 15.0. The van der Waals surface area contributed by atoms with Gasteiger partial charge in [0, 0.05) is 12.6 Å². The van der Waals surface area contributed by atoms with Crippen LogP contribution in [0.2, 0.25) is 0 Å². The van der Waals surface area contributed by atoms with E-state index in [0.717, 1.165) is 13.0 Å². The molecule has 0 bridgehead atoms. The highest BCUT2D eigenvalue weighted by Gasteiger charge is 2.33. The van der Waals surface area contributed by atoms with E-state index >= 15 is 0 Å². The summed E-state index contributed by atoms with van der Waals surface area (Å²) < 4.78 is 0. The van der Waals surface area contributed by atoms with Gasteiger partial charge in [-0.05, 0) is 12.8 Å². The Kier molecular flexibility index (Phi) is 4.56. The van der Waals surface area contributed by atoms with Crippen molar-refractivity contribution in [1.82, 2.24) is 15.3 Å². The molecule has 1 unspecified atom stereocenters. The molecule has 1 atom stereocenters. The highest BCUT2D eigenvalue weighted by atomic mass is 16.2. The lowest BCUT2D eigenvalue weighted by Crippen LogP contribution is -2.58. The van der Waals surface area contributed by atoms with E-state index in [-0.39, 0.29) is 24.3 Å². The van der Waals surface area contributed by atoms with Crippen LogP contribution in [0.15, 0.2) is 6.07 Å². The van der Waals surface area contributed by atoms with Crippen LogP contribution in [0.3, 0.4) is 0 Å². The fourth-order valence-electron chi connectivity index (χ4n) is 2.26. The number of hydrogen-bond donors (Lipinski definition) is 3. The van der Waals surface area contributed by atoms with Crippen LogP contribution in [0.5, 0.6) is 0 Å². The number of nitrogen functional groups attached to an aromatic ring is 1. The summed E-state index contributed by atoms with van der Waals surface area (Å²) in [4.78, 5) is 33.4. The van der Waals surface area contributed by atoms with Gasteiger partial charge in [0.05, 0.1) is 6.54 Å². The van der Waals surface area contributed by atoms with Crippen molar-refractivity contribution in [3.63, 3.8) is 0 Å². The standard InChI is InChI=1S/C13H20N6O2/c1-3-5-15-9-6-10(17-13(14)16-9)19-7-11(20)18-12(21)8(19)4-2/h6,8H,3-5,7H2,1-2H3,(H,18,20,21)(H3,14,15,16,17). The number of nitrogens with one attached hydrogen (secondary N) is 2. The van der Waals surface area contributed by atoms with Gasteiger partial charge in [-0.25, -0.2) is 0 Å². The molecule has 0 aliphatic carbocycles. The van der Waals surface area contributed by atoms with Crippen molar-refractivity contribution in [2.45, 2.75) is 32.7 Å². The maximum atomic E-state index is 11.9. The summed E-state index contributed by atoms with van der Waals surface area (Å²) in [5, 5.41) is 5.46. The van der Waals surface area contributed by atoms with Crippen molar-refractivity contribution in [2.24, 2.45) is 0 Å². The molecule has 0 spiro atoms. The minimum Gasteiger partial charge on any atom is -0.370 e. The fraction of sp³-hybridized carbons (Fsp3) is 0.538. The molecule has 2 amide bonds. The molecule has 1 saturated heterocycles. The molecule has 0 aromatic carbocycles. The first-order valence-corrected chi connectivity index (χ1v) is 7.03. The van der Waals surface area contributed by atoms with Gasteiger partial charge in [0.25, 0.3) is 0 Å². The van der Waals surface area contributed by atoms with Crippen LogP contribution >= 0.6 is 0 Å². The molecular weight excluding hydrogens is 272 g/mol.